The van der Waals surface area contributed by atoms with E-state index < -0.39 is 0 Å². The first-order valence-electron chi connectivity index (χ1n) is 8.85. The molecule has 2 aromatic heterocycles. The van der Waals surface area contributed by atoms with Crippen molar-refractivity contribution in [3.8, 4) is 0 Å². The Labute approximate surface area is 141 Å². The van der Waals surface area contributed by atoms with Crippen molar-refractivity contribution in [1.29, 1.82) is 0 Å². The predicted molar refractivity (Wildman–Crippen MR) is 89.5 cm³/mol. The number of carbonyl (C=O) groups excluding carboxylic acids is 1. The minimum absolute atomic E-state index is 0.0267. The first-order valence-corrected chi connectivity index (χ1v) is 8.85. The summed E-state index contributed by atoms with van der Waals surface area (Å²) in [5.41, 5.74) is 4.59. The number of hydrogen-bond donors (Lipinski definition) is 3. The first-order chi connectivity index (χ1) is 11.8. The summed E-state index contributed by atoms with van der Waals surface area (Å²) in [4.78, 5) is 12.2. The summed E-state index contributed by atoms with van der Waals surface area (Å²) in [6, 6.07) is 2.03. The molecular weight excluding hydrogens is 304 g/mol. The van der Waals surface area contributed by atoms with Gasteiger partial charge in [-0.05, 0) is 50.3 Å². The van der Waals surface area contributed by atoms with Crippen LogP contribution in [0.2, 0.25) is 0 Å². The van der Waals surface area contributed by atoms with E-state index in [1.165, 1.54) is 30.5 Å². The molecular formula is C17H24N6O. The van der Waals surface area contributed by atoms with E-state index in [-0.39, 0.29) is 12.5 Å². The Balaban J connectivity index is 1.30. The summed E-state index contributed by atoms with van der Waals surface area (Å²) in [7, 11) is 0. The number of aryl methyl sites for hydroxylation is 1. The van der Waals surface area contributed by atoms with Crippen LogP contribution in [0.15, 0.2) is 12.3 Å². The number of aromatic nitrogens is 4. The molecule has 2 aliphatic rings. The van der Waals surface area contributed by atoms with Gasteiger partial charge in [-0.3, -0.25) is 14.6 Å². The zero-order chi connectivity index (χ0) is 16.4. The standard InChI is InChI=1S/C17H24N6O/c24-17(19-10-16-13-4-1-5-15(13)20-21-16)11-23-8-6-14(22-23)12-3-2-7-18-9-12/h6,8,12,18H,1-5,7,9-11H2,(H,19,24)(H,20,21)/t12-/m1/s1. The highest BCUT2D eigenvalue weighted by atomic mass is 16.2. The third-order valence-electron chi connectivity index (χ3n) is 5.03. The van der Waals surface area contributed by atoms with Crippen molar-refractivity contribution in [3.63, 3.8) is 0 Å². The second kappa shape index (κ2) is 6.76. The van der Waals surface area contributed by atoms with Gasteiger partial charge in [-0.2, -0.15) is 10.2 Å². The molecule has 0 saturated carbocycles. The number of nitrogens with one attached hydrogen (secondary N) is 3. The van der Waals surface area contributed by atoms with Crippen LogP contribution in [0.5, 0.6) is 0 Å². The van der Waals surface area contributed by atoms with Gasteiger partial charge in [0, 0.05) is 24.4 Å². The van der Waals surface area contributed by atoms with Crippen molar-refractivity contribution >= 4 is 5.91 Å². The average molecular weight is 328 g/mol. The van der Waals surface area contributed by atoms with Crippen LogP contribution in [0.1, 0.15) is 47.8 Å². The molecule has 1 aliphatic carbocycles. The van der Waals surface area contributed by atoms with Crippen LogP contribution in [-0.2, 0) is 30.7 Å². The van der Waals surface area contributed by atoms with Gasteiger partial charge in [0.1, 0.15) is 6.54 Å². The Morgan fingerprint density at radius 3 is 3.21 bits per heavy atom. The molecule has 4 rings (SSSR count). The lowest BCUT2D eigenvalue weighted by atomic mass is 9.97. The van der Waals surface area contributed by atoms with Crippen molar-refractivity contribution in [2.24, 2.45) is 0 Å². The number of nitrogens with zero attached hydrogens (tertiary/aromatic N) is 3. The molecule has 128 valence electrons. The van der Waals surface area contributed by atoms with Gasteiger partial charge in [0.15, 0.2) is 0 Å². The summed E-state index contributed by atoms with van der Waals surface area (Å²) in [6.07, 6.45) is 7.57. The normalized spacial score (nSPS) is 20.1. The molecule has 0 radical (unpaired) electrons. The van der Waals surface area contributed by atoms with E-state index in [0.29, 0.717) is 12.5 Å². The summed E-state index contributed by atoms with van der Waals surface area (Å²) in [5, 5.41) is 18.3. The van der Waals surface area contributed by atoms with Crippen molar-refractivity contribution in [2.75, 3.05) is 13.1 Å². The number of rotatable bonds is 5. The third kappa shape index (κ3) is 3.21. The summed E-state index contributed by atoms with van der Waals surface area (Å²) in [5.74, 6) is 0.441. The molecule has 1 saturated heterocycles. The molecule has 2 aromatic rings. The molecule has 3 heterocycles. The van der Waals surface area contributed by atoms with Gasteiger partial charge >= 0.3 is 0 Å². The van der Waals surface area contributed by atoms with E-state index in [1.807, 2.05) is 12.3 Å². The molecule has 1 amide bonds. The predicted octanol–water partition coefficient (Wildman–Crippen LogP) is 0.878. The zero-order valence-corrected chi connectivity index (χ0v) is 13.8. The summed E-state index contributed by atoms with van der Waals surface area (Å²) < 4.78 is 1.73. The van der Waals surface area contributed by atoms with Gasteiger partial charge in [-0.1, -0.05) is 0 Å². The second-order valence-electron chi connectivity index (χ2n) is 6.74. The minimum atomic E-state index is -0.0267. The molecule has 0 aromatic carbocycles. The monoisotopic (exact) mass is 328 g/mol. The molecule has 7 nitrogen and oxygen atoms in total. The molecule has 0 unspecified atom stereocenters. The average Bonchev–Trinajstić information content (AvgIpc) is 3.31. The van der Waals surface area contributed by atoms with Crippen molar-refractivity contribution < 1.29 is 4.79 Å². The van der Waals surface area contributed by atoms with Gasteiger partial charge in [0.05, 0.1) is 17.9 Å². The highest BCUT2D eigenvalue weighted by Gasteiger charge is 2.19. The number of H-pyrrole nitrogens is 1. The molecule has 7 heteroatoms. The van der Waals surface area contributed by atoms with Crippen molar-refractivity contribution in [2.45, 2.75) is 51.1 Å². The van der Waals surface area contributed by atoms with Crippen LogP contribution < -0.4 is 10.6 Å². The first kappa shape index (κ1) is 15.4. The number of carbonyl (C=O) groups is 1. The number of piperidine rings is 1. The highest BCUT2D eigenvalue weighted by Crippen LogP contribution is 2.23. The third-order valence-corrected chi connectivity index (χ3v) is 5.03. The van der Waals surface area contributed by atoms with Crippen molar-refractivity contribution in [3.05, 3.63) is 34.9 Å². The molecule has 0 bridgehead atoms. The number of hydrogen-bond acceptors (Lipinski definition) is 4. The lowest BCUT2D eigenvalue weighted by molar-refractivity contribution is -0.122. The SMILES string of the molecule is O=C(Cn1ccc([C@@H]2CCCNC2)n1)NCc1n[nH]c2c1CCC2. The zero-order valence-electron chi connectivity index (χ0n) is 13.8. The summed E-state index contributed by atoms with van der Waals surface area (Å²) in [6.45, 7) is 2.82. The molecule has 24 heavy (non-hydrogen) atoms. The molecule has 1 atom stereocenters. The van der Waals surface area contributed by atoms with E-state index in [1.54, 1.807) is 4.68 Å². The molecule has 3 N–H and O–H groups in total. The fraction of sp³-hybridized carbons (Fsp3) is 0.588. The molecule has 1 fully saturated rings. The fourth-order valence-corrected chi connectivity index (χ4v) is 3.71. The summed E-state index contributed by atoms with van der Waals surface area (Å²) >= 11 is 0. The Morgan fingerprint density at radius 1 is 1.38 bits per heavy atom. The van der Waals surface area contributed by atoms with Gasteiger partial charge in [-0.15, -0.1) is 0 Å². The Kier molecular flexibility index (Phi) is 4.34. The van der Waals surface area contributed by atoms with Crippen LogP contribution in [0.4, 0.5) is 0 Å². The minimum Gasteiger partial charge on any atom is -0.349 e. The van der Waals surface area contributed by atoms with E-state index in [9.17, 15) is 4.79 Å². The number of fused-ring (bicyclic) bond motifs is 1. The Hall–Kier alpha value is -2.15. The van der Waals surface area contributed by atoms with E-state index in [4.69, 9.17) is 0 Å². The van der Waals surface area contributed by atoms with Crippen LogP contribution >= 0.6 is 0 Å². The van der Waals surface area contributed by atoms with Crippen LogP contribution in [0.3, 0.4) is 0 Å². The molecule has 1 aliphatic heterocycles. The largest absolute Gasteiger partial charge is 0.349 e. The Morgan fingerprint density at radius 2 is 2.33 bits per heavy atom. The topological polar surface area (TPSA) is 87.6 Å². The quantitative estimate of drug-likeness (QED) is 0.760. The lowest BCUT2D eigenvalue weighted by Gasteiger charge is -2.20. The van der Waals surface area contributed by atoms with E-state index in [0.717, 1.165) is 37.3 Å². The van der Waals surface area contributed by atoms with E-state index >= 15 is 0 Å². The maximum atomic E-state index is 12.2. The van der Waals surface area contributed by atoms with Gasteiger partial charge in [0.25, 0.3) is 0 Å². The highest BCUT2D eigenvalue weighted by molar-refractivity contribution is 5.75. The van der Waals surface area contributed by atoms with Crippen LogP contribution in [0, 0.1) is 0 Å². The fourth-order valence-electron chi connectivity index (χ4n) is 3.71. The van der Waals surface area contributed by atoms with Gasteiger partial charge in [-0.25, -0.2) is 0 Å². The lowest BCUT2D eigenvalue weighted by Crippen LogP contribution is -2.29. The molecule has 0 spiro atoms. The smallest absolute Gasteiger partial charge is 0.242 e. The number of aromatic amines is 1. The van der Waals surface area contributed by atoms with Crippen LogP contribution in [0.25, 0.3) is 0 Å². The van der Waals surface area contributed by atoms with E-state index in [2.05, 4.69) is 25.9 Å². The van der Waals surface area contributed by atoms with Crippen LogP contribution in [-0.4, -0.2) is 39.0 Å². The maximum absolute atomic E-state index is 12.2. The van der Waals surface area contributed by atoms with Gasteiger partial charge < -0.3 is 10.6 Å². The Bertz CT molecular complexity index is 712. The van der Waals surface area contributed by atoms with Crippen molar-refractivity contribution in [1.82, 2.24) is 30.6 Å². The van der Waals surface area contributed by atoms with Gasteiger partial charge in [0.2, 0.25) is 5.91 Å². The maximum Gasteiger partial charge on any atom is 0.242 e. The second-order valence-corrected chi connectivity index (χ2v) is 6.74. The number of amides is 1.